The van der Waals surface area contributed by atoms with E-state index in [1.54, 1.807) is 63.2 Å². The SMILES string of the molecule is CCCCCCCCOCC(C)Oc1ccc(-c2nc(-c3ccc(OC(C)C(=O)OCCCCCCCC)cc3O)nc(-c3ccc(OC(C)C(=O)OCCCCCCCC)cc3OC(C)C(=O)OCCCCCCCC)n2)c(O)c1. The van der Waals surface area contributed by atoms with Crippen LogP contribution in [0.1, 0.15) is 209 Å². The van der Waals surface area contributed by atoms with E-state index in [1.807, 2.05) is 6.92 Å². The molecule has 4 unspecified atom stereocenters. The molecule has 2 N–H and O–H groups in total. The lowest BCUT2D eigenvalue weighted by Crippen LogP contribution is -2.27. The third kappa shape index (κ3) is 25.7. The van der Waals surface area contributed by atoms with Gasteiger partial charge >= 0.3 is 17.9 Å². The van der Waals surface area contributed by atoms with Gasteiger partial charge in [0.1, 0.15) is 40.6 Å². The van der Waals surface area contributed by atoms with Gasteiger partial charge in [0.2, 0.25) is 0 Å². The largest absolute Gasteiger partial charge is 0.507 e. The lowest BCUT2D eigenvalue weighted by molar-refractivity contribution is -0.152. The van der Waals surface area contributed by atoms with Crippen molar-refractivity contribution < 1.29 is 62.5 Å². The molecule has 450 valence electrons. The van der Waals surface area contributed by atoms with E-state index in [4.69, 9.17) is 52.8 Å². The number of carbonyl (C=O) groups is 3. The Labute approximate surface area is 483 Å². The summed E-state index contributed by atoms with van der Waals surface area (Å²) in [7, 11) is 0. The summed E-state index contributed by atoms with van der Waals surface area (Å²) in [5.74, 6) is -1.08. The molecule has 0 fully saturated rings. The first kappa shape index (κ1) is 67.3. The van der Waals surface area contributed by atoms with E-state index in [9.17, 15) is 24.6 Å². The van der Waals surface area contributed by atoms with Gasteiger partial charge in [-0.05, 0) is 89.8 Å². The summed E-state index contributed by atoms with van der Waals surface area (Å²) in [4.78, 5) is 54.0. The number of nitrogens with zero attached hydrogens (tertiary/aromatic N) is 3. The maximum absolute atomic E-state index is 13.5. The van der Waals surface area contributed by atoms with Crippen molar-refractivity contribution in [2.75, 3.05) is 33.0 Å². The maximum atomic E-state index is 13.5. The fourth-order valence-corrected chi connectivity index (χ4v) is 8.90. The van der Waals surface area contributed by atoms with E-state index in [0.717, 1.165) is 116 Å². The van der Waals surface area contributed by atoms with Gasteiger partial charge in [0, 0.05) is 24.8 Å². The van der Waals surface area contributed by atoms with E-state index >= 15 is 0 Å². The number of esters is 3. The van der Waals surface area contributed by atoms with Crippen LogP contribution in [0.25, 0.3) is 34.2 Å². The second-order valence-electron chi connectivity index (χ2n) is 21.2. The molecular formula is C65H97N3O13. The zero-order valence-corrected chi connectivity index (χ0v) is 50.2. The van der Waals surface area contributed by atoms with Crippen molar-refractivity contribution in [3.05, 3.63) is 54.6 Å². The van der Waals surface area contributed by atoms with Crippen LogP contribution in [0.3, 0.4) is 0 Å². The Bertz CT molecular complexity index is 2430. The zero-order valence-electron chi connectivity index (χ0n) is 50.2. The molecule has 1 heterocycles. The summed E-state index contributed by atoms with van der Waals surface area (Å²) in [5.41, 5.74) is 0.666. The number of aromatic nitrogens is 3. The van der Waals surface area contributed by atoms with Crippen molar-refractivity contribution in [2.24, 2.45) is 0 Å². The maximum Gasteiger partial charge on any atom is 0.347 e. The van der Waals surface area contributed by atoms with Gasteiger partial charge in [-0.25, -0.2) is 29.3 Å². The van der Waals surface area contributed by atoms with Gasteiger partial charge in [0.05, 0.1) is 43.1 Å². The highest BCUT2D eigenvalue weighted by molar-refractivity contribution is 5.78. The molecule has 0 amide bonds. The van der Waals surface area contributed by atoms with Crippen LogP contribution in [-0.4, -0.2) is 101 Å². The molecule has 81 heavy (non-hydrogen) atoms. The topological polar surface area (TPSA) is 204 Å². The average molecular weight is 1130 g/mol. The van der Waals surface area contributed by atoms with Crippen LogP contribution in [0.5, 0.6) is 34.5 Å². The van der Waals surface area contributed by atoms with Gasteiger partial charge in [-0.1, -0.05) is 156 Å². The quantitative estimate of drug-likeness (QED) is 0.0240. The van der Waals surface area contributed by atoms with Gasteiger partial charge in [-0.3, -0.25) is 0 Å². The van der Waals surface area contributed by atoms with Gasteiger partial charge in [0.15, 0.2) is 35.8 Å². The van der Waals surface area contributed by atoms with Crippen LogP contribution >= 0.6 is 0 Å². The predicted molar refractivity (Wildman–Crippen MR) is 317 cm³/mol. The normalized spacial score (nSPS) is 12.7. The van der Waals surface area contributed by atoms with Crippen molar-refractivity contribution in [1.29, 1.82) is 0 Å². The van der Waals surface area contributed by atoms with Crippen molar-refractivity contribution >= 4 is 17.9 Å². The number of unbranched alkanes of at least 4 members (excludes halogenated alkanes) is 20. The second-order valence-corrected chi connectivity index (χ2v) is 21.2. The molecule has 0 aliphatic carbocycles. The number of phenols is 2. The Morgan fingerprint density at radius 2 is 0.716 bits per heavy atom. The van der Waals surface area contributed by atoms with Crippen LogP contribution < -0.4 is 18.9 Å². The Hall–Kier alpha value is -6.16. The molecule has 3 aromatic carbocycles. The molecule has 0 radical (unpaired) electrons. The molecule has 4 atom stereocenters. The summed E-state index contributed by atoms with van der Waals surface area (Å²) < 4.78 is 47.2. The van der Waals surface area contributed by atoms with E-state index in [0.29, 0.717) is 25.6 Å². The summed E-state index contributed by atoms with van der Waals surface area (Å²) in [6, 6.07) is 14.1. The number of phenolic OH excluding ortho intramolecular Hbond substituents is 2. The smallest absolute Gasteiger partial charge is 0.347 e. The Kier molecular flexibility index (Phi) is 32.7. The molecule has 16 heteroatoms. The fourth-order valence-electron chi connectivity index (χ4n) is 8.90. The Morgan fingerprint density at radius 1 is 0.395 bits per heavy atom. The first-order valence-electron chi connectivity index (χ1n) is 30.6. The fraction of sp³-hybridized carbons (Fsp3) is 0.631. The summed E-state index contributed by atoms with van der Waals surface area (Å²) in [5, 5.41) is 23.3. The summed E-state index contributed by atoms with van der Waals surface area (Å²) >= 11 is 0. The van der Waals surface area contributed by atoms with E-state index in [1.165, 1.54) is 50.7 Å². The lowest BCUT2D eigenvalue weighted by atomic mass is 10.1. The van der Waals surface area contributed by atoms with Crippen molar-refractivity contribution in [3.8, 4) is 68.7 Å². The first-order valence-corrected chi connectivity index (χ1v) is 30.6. The molecule has 0 saturated heterocycles. The highest BCUT2D eigenvalue weighted by Gasteiger charge is 2.25. The number of rotatable bonds is 44. The van der Waals surface area contributed by atoms with Gasteiger partial charge < -0.3 is 48.1 Å². The molecule has 0 bridgehead atoms. The van der Waals surface area contributed by atoms with Gasteiger partial charge in [0.25, 0.3) is 0 Å². The van der Waals surface area contributed by atoms with E-state index in [-0.39, 0.29) is 82.2 Å². The number of ether oxygens (including phenoxy) is 8. The van der Waals surface area contributed by atoms with E-state index < -0.39 is 36.2 Å². The van der Waals surface area contributed by atoms with E-state index in [2.05, 4.69) is 27.7 Å². The zero-order chi connectivity index (χ0) is 58.6. The highest BCUT2D eigenvalue weighted by atomic mass is 16.6. The number of aromatic hydroxyl groups is 2. The third-order valence-electron chi connectivity index (χ3n) is 13.7. The number of hydrogen-bond acceptors (Lipinski definition) is 16. The minimum Gasteiger partial charge on any atom is -0.507 e. The molecule has 16 nitrogen and oxygen atoms in total. The number of benzene rings is 3. The Balaban J connectivity index is 1.69. The van der Waals surface area contributed by atoms with Crippen LogP contribution in [0.2, 0.25) is 0 Å². The van der Waals surface area contributed by atoms with Crippen LogP contribution in [0.4, 0.5) is 0 Å². The number of carbonyl (C=O) groups excluding carboxylic acids is 3. The molecular weight excluding hydrogens is 1030 g/mol. The molecule has 1 aromatic heterocycles. The Morgan fingerprint density at radius 3 is 1.11 bits per heavy atom. The van der Waals surface area contributed by atoms with Crippen molar-refractivity contribution in [1.82, 2.24) is 15.0 Å². The van der Waals surface area contributed by atoms with Crippen LogP contribution in [-0.2, 0) is 33.3 Å². The standard InChI is InChI=1S/C65H97N3O13/c1-9-13-17-21-25-29-39-74-46-47(5)78-51-33-36-54(57(69)43-51)60-66-61(55-37-34-52(44-58(55)70)79-48(6)63(71)75-40-30-26-22-18-14-10-2)68-62(67-60)56-38-35-53(80-49(7)64(72)76-41-31-27-23-19-15-11-3)45-59(56)81-50(8)65(73)77-42-32-28-24-20-16-12-4/h33-38,43-45,47-50,69-70H,9-32,39-42,46H2,1-8H3. The predicted octanol–water partition coefficient (Wildman–Crippen LogP) is 15.4. The third-order valence-corrected chi connectivity index (χ3v) is 13.7. The van der Waals surface area contributed by atoms with Gasteiger partial charge in [-0.15, -0.1) is 0 Å². The molecule has 4 aromatic rings. The number of hydrogen-bond donors (Lipinski definition) is 2. The molecule has 4 rings (SSSR count). The minimum absolute atomic E-state index is 0.000656. The molecule has 0 saturated carbocycles. The summed E-state index contributed by atoms with van der Waals surface area (Å²) in [6.45, 7) is 17.2. The van der Waals surface area contributed by atoms with Crippen LogP contribution in [0, 0.1) is 0 Å². The summed E-state index contributed by atoms with van der Waals surface area (Å²) in [6.07, 6.45) is 22.4. The monoisotopic (exact) mass is 1130 g/mol. The second kappa shape index (κ2) is 39.3. The molecule has 0 aliphatic heterocycles. The van der Waals surface area contributed by atoms with Crippen molar-refractivity contribution in [2.45, 2.75) is 234 Å². The molecule has 0 spiro atoms. The minimum atomic E-state index is -1.11. The molecule has 0 aliphatic rings. The average Bonchev–Trinajstić information content (AvgIpc) is 3.63. The highest BCUT2D eigenvalue weighted by Crippen LogP contribution is 2.39. The first-order chi connectivity index (χ1) is 39.3. The van der Waals surface area contributed by atoms with Gasteiger partial charge in [-0.2, -0.15) is 0 Å². The lowest BCUT2D eigenvalue weighted by Gasteiger charge is -2.19. The van der Waals surface area contributed by atoms with Crippen molar-refractivity contribution in [3.63, 3.8) is 0 Å². The van der Waals surface area contributed by atoms with Crippen LogP contribution in [0.15, 0.2) is 54.6 Å².